The van der Waals surface area contributed by atoms with E-state index in [2.05, 4.69) is 37.1 Å². The van der Waals surface area contributed by atoms with Crippen LogP contribution in [0.1, 0.15) is 31.7 Å². The standard InChI is InChI=1S/C17H23N3O/c1-5-7-16-19-15(11-17(20-16)18-6-2)14-9-8-13(21-4)10-12(14)3/h8-11H,5-7H2,1-4H3,(H,18,19,20). The normalized spacial score (nSPS) is 10.5. The first-order valence-electron chi connectivity index (χ1n) is 7.44. The van der Waals surface area contributed by atoms with E-state index in [0.29, 0.717) is 0 Å². The van der Waals surface area contributed by atoms with E-state index in [-0.39, 0.29) is 0 Å². The van der Waals surface area contributed by atoms with E-state index in [9.17, 15) is 0 Å². The molecule has 4 nitrogen and oxygen atoms in total. The summed E-state index contributed by atoms with van der Waals surface area (Å²) in [7, 11) is 1.68. The quantitative estimate of drug-likeness (QED) is 0.876. The second kappa shape index (κ2) is 7.07. The molecule has 1 heterocycles. The Morgan fingerprint density at radius 2 is 1.95 bits per heavy atom. The Morgan fingerprint density at radius 3 is 2.57 bits per heavy atom. The van der Waals surface area contributed by atoms with Gasteiger partial charge in [-0.25, -0.2) is 9.97 Å². The van der Waals surface area contributed by atoms with Crippen molar-refractivity contribution < 1.29 is 4.74 Å². The molecule has 0 spiro atoms. The zero-order valence-corrected chi connectivity index (χ0v) is 13.2. The van der Waals surface area contributed by atoms with Crippen LogP contribution in [-0.2, 0) is 6.42 Å². The third-order valence-electron chi connectivity index (χ3n) is 3.31. The predicted molar refractivity (Wildman–Crippen MR) is 86.9 cm³/mol. The Bertz CT molecular complexity index is 587. The van der Waals surface area contributed by atoms with Gasteiger partial charge in [0.05, 0.1) is 12.8 Å². The van der Waals surface area contributed by atoms with E-state index in [1.54, 1.807) is 7.11 Å². The van der Waals surface area contributed by atoms with Crippen LogP contribution in [0, 0.1) is 6.92 Å². The molecule has 0 unspecified atom stereocenters. The number of aromatic nitrogens is 2. The fraction of sp³-hybridized carbons (Fsp3) is 0.412. The maximum atomic E-state index is 5.27. The fourth-order valence-corrected chi connectivity index (χ4v) is 2.29. The molecule has 0 bridgehead atoms. The van der Waals surface area contributed by atoms with E-state index < -0.39 is 0 Å². The van der Waals surface area contributed by atoms with Crippen molar-refractivity contribution in [1.82, 2.24) is 9.97 Å². The molecule has 1 aromatic carbocycles. The smallest absolute Gasteiger partial charge is 0.131 e. The summed E-state index contributed by atoms with van der Waals surface area (Å²) in [5, 5.41) is 3.28. The van der Waals surface area contributed by atoms with Gasteiger partial charge in [0.2, 0.25) is 0 Å². The minimum Gasteiger partial charge on any atom is -0.497 e. The number of methoxy groups -OCH3 is 1. The summed E-state index contributed by atoms with van der Waals surface area (Å²) in [6.07, 6.45) is 1.93. The van der Waals surface area contributed by atoms with Gasteiger partial charge < -0.3 is 10.1 Å². The molecule has 0 fully saturated rings. The zero-order chi connectivity index (χ0) is 15.2. The third kappa shape index (κ3) is 3.72. The summed E-state index contributed by atoms with van der Waals surface area (Å²) >= 11 is 0. The number of nitrogens with one attached hydrogen (secondary N) is 1. The molecule has 112 valence electrons. The van der Waals surface area contributed by atoms with Crippen LogP contribution in [0.25, 0.3) is 11.3 Å². The van der Waals surface area contributed by atoms with Crippen molar-refractivity contribution in [2.45, 2.75) is 33.6 Å². The fourth-order valence-electron chi connectivity index (χ4n) is 2.29. The summed E-state index contributed by atoms with van der Waals surface area (Å²) in [6, 6.07) is 8.07. The van der Waals surface area contributed by atoms with Crippen molar-refractivity contribution in [1.29, 1.82) is 0 Å². The lowest BCUT2D eigenvalue weighted by molar-refractivity contribution is 0.414. The van der Waals surface area contributed by atoms with Crippen LogP contribution in [0.2, 0.25) is 0 Å². The maximum Gasteiger partial charge on any atom is 0.131 e. The zero-order valence-electron chi connectivity index (χ0n) is 13.2. The molecule has 0 aliphatic heterocycles. The molecule has 0 atom stereocenters. The highest BCUT2D eigenvalue weighted by Gasteiger charge is 2.09. The van der Waals surface area contributed by atoms with E-state index in [0.717, 1.165) is 53.6 Å². The first kappa shape index (κ1) is 15.3. The van der Waals surface area contributed by atoms with Gasteiger partial charge in [0, 0.05) is 24.6 Å². The van der Waals surface area contributed by atoms with Gasteiger partial charge in [-0.3, -0.25) is 0 Å². The summed E-state index contributed by atoms with van der Waals surface area (Å²) in [6.45, 7) is 7.14. The highest BCUT2D eigenvalue weighted by atomic mass is 16.5. The second-order valence-electron chi connectivity index (χ2n) is 5.02. The van der Waals surface area contributed by atoms with Crippen molar-refractivity contribution in [3.8, 4) is 17.0 Å². The third-order valence-corrected chi connectivity index (χ3v) is 3.31. The largest absolute Gasteiger partial charge is 0.497 e. The van der Waals surface area contributed by atoms with Crippen LogP contribution >= 0.6 is 0 Å². The maximum absolute atomic E-state index is 5.27. The Morgan fingerprint density at radius 1 is 1.14 bits per heavy atom. The number of benzene rings is 1. The molecule has 2 aromatic rings. The number of hydrogen-bond acceptors (Lipinski definition) is 4. The number of ether oxygens (including phenoxy) is 1. The summed E-state index contributed by atoms with van der Waals surface area (Å²) in [5.74, 6) is 2.65. The summed E-state index contributed by atoms with van der Waals surface area (Å²) in [5.41, 5.74) is 3.23. The number of anilines is 1. The van der Waals surface area contributed by atoms with Gasteiger partial charge in [0.25, 0.3) is 0 Å². The van der Waals surface area contributed by atoms with Gasteiger partial charge in [0.1, 0.15) is 17.4 Å². The minimum absolute atomic E-state index is 0.851. The van der Waals surface area contributed by atoms with Crippen LogP contribution < -0.4 is 10.1 Å². The van der Waals surface area contributed by atoms with E-state index in [1.165, 1.54) is 0 Å². The molecule has 21 heavy (non-hydrogen) atoms. The lowest BCUT2D eigenvalue weighted by Crippen LogP contribution is -2.05. The Balaban J connectivity index is 2.46. The Labute approximate surface area is 126 Å². The van der Waals surface area contributed by atoms with Crippen LogP contribution in [0.15, 0.2) is 24.3 Å². The number of aryl methyl sites for hydroxylation is 2. The van der Waals surface area contributed by atoms with Crippen LogP contribution in [-0.4, -0.2) is 23.6 Å². The van der Waals surface area contributed by atoms with Gasteiger partial charge in [-0.15, -0.1) is 0 Å². The molecule has 0 aliphatic carbocycles. The predicted octanol–water partition coefficient (Wildman–Crippen LogP) is 3.84. The first-order chi connectivity index (χ1) is 10.2. The van der Waals surface area contributed by atoms with Gasteiger partial charge in [0.15, 0.2) is 0 Å². The highest BCUT2D eigenvalue weighted by Crippen LogP contribution is 2.27. The van der Waals surface area contributed by atoms with E-state index >= 15 is 0 Å². The summed E-state index contributed by atoms with van der Waals surface area (Å²) < 4.78 is 5.27. The van der Waals surface area contributed by atoms with Crippen molar-refractivity contribution in [3.05, 3.63) is 35.7 Å². The summed E-state index contributed by atoms with van der Waals surface area (Å²) in [4.78, 5) is 9.25. The highest BCUT2D eigenvalue weighted by molar-refractivity contribution is 5.67. The van der Waals surface area contributed by atoms with Gasteiger partial charge in [-0.1, -0.05) is 6.92 Å². The Hall–Kier alpha value is -2.10. The van der Waals surface area contributed by atoms with Crippen molar-refractivity contribution in [3.63, 3.8) is 0 Å². The topological polar surface area (TPSA) is 47.0 Å². The van der Waals surface area contributed by atoms with Gasteiger partial charge >= 0.3 is 0 Å². The molecular formula is C17H23N3O. The van der Waals surface area contributed by atoms with Crippen molar-refractivity contribution in [2.75, 3.05) is 19.0 Å². The minimum atomic E-state index is 0.851. The molecule has 2 rings (SSSR count). The van der Waals surface area contributed by atoms with Gasteiger partial charge in [-0.2, -0.15) is 0 Å². The van der Waals surface area contributed by atoms with Crippen LogP contribution in [0.4, 0.5) is 5.82 Å². The monoisotopic (exact) mass is 285 g/mol. The molecular weight excluding hydrogens is 262 g/mol. The Kier molecular flexibility index (Phi) is 5.14. The van der Waals surface area contributed by atoms with Crippen molar-refractivity contribution >= 4 is 5.82 Å². The first-order valence-corrected chi connectivity index (χ1v) is 7.44. The van der Waals surface area contributed by atoms with Crippen molar-refractivity contribution in [2.24, 2.45) is 0 Å². The molecule has 1 N–H and O–H groups in total. The molecule has 0 radical (unpaired) electrons. The molecule has 0 saturated heterocycles. The molecule has 0 aliphatic rings. The van der Waals surface area contributed by atoms with Gasteiger partial charge in [-0.05, 0) is 44.0 Å². The number of rotatable bonds is 6. The van der Waals surface area contributed by atoms with E-state index in [1.807, 2.05) is 18.2 Å². The van der Waals surface area contributed by atoms with Crippen LogP contribution in [0.3, 0.4) is 0 Å². The molecule has 1 aromatic heterocycles. The van der Waals surface area contributed by atoms with Crippen LogP contribution in [0.5, 0.6) is 5.75 Å². The average molecular weight is 285 g/mol. The number of hydrogen-bond donors (Lipinski definition) is 1. The molecule has 0 saturated carbocycles. The molecule has 0 amide bonds. The average Bonchev–Trinajstić information content (AvgIpc) is 2.47. The molecule has 4 heteroatoms. The van der Waals surface area contributed by atoms with E-state index in [4.69, 9.17) is 9.72 Å². The lowest BCUT2D eigenvalue weighted by Gasteiger charge is -2.11. The second-order valence-corrected chi connectivity index (χ2v) is 5.02. The number of nitrogens with zero attached hydrogens (tertiary/aromatic N) is 2. The lowest BCUT2D eigenvalue weighted by atomic mass is 10.0. The SMILES string of the molecule is CCCc1nc(NCC)cc(-c2ccc(OC)cc2C)n1.